The molecule has 0 spiro atoms. The Labute approximate surface area is 134 Å². The van der Waals surface area contributed by atoms with Crippen LogP contribution in [0.5, 0.6) is 0 Å². The van der Waals surface area contributed by atoms with E-state index in [1.54, 1.807) is 12.3 Å². The van der Waals surface area contributed by atoms with Gasteiger partial charge in [-0.25, -0.2) is 4.79 Å². The summed E-state index contributed by atoms with van der Waals surface area (Å²) in [6.07, 6.45) is 9.19. The number of aromatic nitrogens is 1. The second-order valence-corrected chi connectivity index (χ2v) is 6.27. The summed E-state index contributed by atoms with van der Waals surface area (Å²) in [4.78, 5) is 15.7. The minimum absolute atomic E-state index is 0.152. The zero-order valence-electron chi connectivity index (χ0n) is 12.9. The third kappa shape index (κ3) is 2.13. The highest BCUT2D eigenvalue weighted by Crippen LogP contribution is 2.50. The number of rotatable bonds is 2. The molecule has 0 fully saturated rings. The molecular weight excluding hydrogens is 288 g/mol. The van der Waals surface area contributed by atoms with Crippen molar-refractivity contribution in [2.24, 2.45) is 5.92 Å². The smallest absolute Gasteiger partial charge is 0.336 e. The zero-order valence-corrected chi connectivity index (χ0v) is 12.9. The second kappa shape index (κ2) is 5.23. The van der Waals surface area contributed by atoms with Crippen LogP contribution in [0.25, 0.3) is 0 Å². The van der Waals surface area contributed by atoms with Crippen molar-refractivity contribution in [1.29, 1.82) is 0 Å². The molecule has 0 saturated carbocycles. The zero-order chi connectivity index (χ0) is 16.0. The molecule has 2 heterocycles. The fourth-order valence-electron chi connectivity index (χ4n) is 3.94. The minimum atomic E-state index is -0.880. The maximum absolute atomic E-state index is 11.4. The van der Waals surface area contributed by atoms with Crippen molar-refractivity contribution in [3.05, 3.63) is 71.1 Å². The summed E-state index contributed by atoms with van der Waals surface area (Å²) in [6, 6.07) is 7.88. The highest BCUT2D eigenvalue weighted by Gasteiger charge is 2.38. The number of benzene rings is 1. The van der Waals surface area contributed by atoms with Crippen LogP contribution < -0.4 is 5.32 Å². The van der Waals surface area contributed by atoms with E-state index in [1.807, 2.05) is 25.3 Å². The SMILES string of the molecule is Cc1c(C(=O)O)ccc2c1N[C@H](c1cccnc1)[C@H]1CC=C[C@H]21. The molecule has 2 aliphatic rings. The number of hydrogen-bond donors (Lipinski definition) is 2. The maximum atomic E-state index is 11.4. The van der Waals surface area contributed by atoms with Crippen LogP contribution in [0.3, 0.4) is 0 Å². The molecule has 23 heavy (non-hydrogen) atoms. The average molecular weight is 306 g/mol. The monoisotopic (exact) mass is 306 g/mol. The van der Waals surface area contributed by atoms with Gasteiger partial charge in [0.25, 0.3) is 0 Å². The summed E-state index contributed by atoms with van der Waals surface area (Å²) in [5.41, 5.74) is 4.49. The lowest BCUT2D eigenvalue weighted by Gasteiger charge is -2.38. The molecule has 4 rings (SSSR count). The Bertz CT molecular complexity index is 799. The molecule has 0 saturated heterocycles. The highest BCUT2D eigenvalue weighted by molar-refractivity contribution is 5.92. The van der Waals surface area contributed by atoms with Crippen LogP contribution in [-0.2, 0) is 0 Å². The van der Waals surface area contributed by atoms with E-state index in [1.165, 1.54) is 5.56 Å². The highest BCUT2D eigenvalue weighted by atomic mass is 16.4. The van der Waals surface area contributed by atoms with Gasteiger partial charge in [0, 0.05) is 24.0 Å². The Hall–Kier alpha value is -2.62. The van der Waals surface area contributed by atoms with Crippen molar-refractivity contribution in [3.8, 4) is 0 Å². The van der Waals surface area contributed by atoms with Crippen LogP contribution in [0.15, 0.2) is 48.8 Å². The first-order valence-electron chi connectivity index (χ1n) is 7.86. The molecule has 2 aromatic rings. The van der Waals surface area contributed by atoms with Gasteiger partial charge in [0.05, 0.1) is 11.6 Å². The lowest BCUT2D eigenvalue weighted by atomic mass is 9.76. The number of aromatic carboxylic acids is 1. The molecule has 1 aromatic heterocycles. The Balaban J connectivity index is 1.85. The van der Waals surface area contributed by atoms with Crippen LogP contribution in [0, 0.1) is 12.8 Å². The van der Waals surface area contributed by atoms with Crippen LogP contribution in [-0.4, -0.2) is 16.1 Å². The molecule has 4 nitrogen and oxygen atoms in total. The Kier molecular flexibility index (Phi) is 3.18. The number of nitrogens with one attached hydrogen (secondary N) is 1. The van der Waals surface area contributed by atoms with E-state index >= 15 is 0 Å². The van der Waals surface area contributed by atoms with Crippen molar-refractivity contribution < 1.29 is 9.90 Å². The second-order valence-electron chi connectivity index (χ2n) is 6.27. The minimum Gasteiger partial charge on any atom is -0.478 e. The first-order chi connectivity index (χ1) is 11.2. The molecule has 0 amide bonds. The Morgan fingerprint density at radius 1 is 1.35 bits per heavy atom. The predicted octanol–water partition coefficient (Wildman–Crippen LogP) is 3.91. The average Bonchev–Trinajstić information content (AvgIpc) is 3.05. The molecule has 3 atom stereocenters. The quantitative estimate of drug-likeness (QED) is 0.826. The number of anilines is 1. The lowest BCUT2D eigenvalue weighted by Crippen LogP contribution is -2.30. The van der Waals surface area contributed by atoms with Crippen molar-refractivity contribution in [2.75, 3.05) is 5.32 Å². The van der Waals surface area contributed by atoms with Gasteiger partial charge < -0.3 is 10.4 Å². The van der Waals surface area contributed by atoms with Crippen LogP contribution in [0.4, 0.5) is 5.69 Å². The molecular formula is C19H18N2O2. The standard InChI is InChI=1S/C19H18N2O2/c1-11-13(19(22)23)7-8-16-14-5-2-6-15(14)18(21-17(11)16)12-4-3-9-20-10-12/h2-5,7-10,14-15,18,21H,6H2,1H3,(H,22,23)/t14-,15-,18+/m0/s1. The third-order valence-corrected chi connectivity index (χ3v) is 5.07. The first kappa shape index (κ1) is 14.0. The van der Waals surface area contributed by atoms with E-state index in [0.717, 1.165) is 23.2 Å². The summed E-state index contributed by atoms with van der Waals surface area (Å²) in [5, 5.41) is 13.0. The first-order valence-corrected chi connectivity index (χ1v) is 7.86. The molecule has 2 N–H and O–H groups in total. The van der Waals surface area contributed by atoms with Crippen molar-refractivity contribution >= 4 is 11.7 Å². The summed E-state index contributed by atoms with van der Waals surface area (Å²) >= 11 is 0. The normalized spacial score (nSPS) is 24.7. The van der Waals surface area contributed by atoms with Gasteiger partial charge in [0.2, 0.25) is 0 Å². The fourth-order valence-corrected chi connectivity index (χ4v) is 3.94. The van der Waals surface area contributed by atoms with E-state index in [2.05, 4.69) is 28.5 Å². The summed E-state index contributed by atoms with van der Waals surface area (Å²) in [6.45, 7) is 1.88. The molecule has 0 unspecified atom stereocenters. The van der Waals surface area contributed by atoms with Gasteiger partial charge >= 0.3 is 5.97 Å². The summed E-state index contributed by atoms with van der Waals surface area (Å²) < 4.78 is 0. The number of nitrogens with zero attached hydrogens (tertiary/aromatic N) is 1. The van der Waals surface area contributed by atoms with Gasteiger partial charge in [-0.1, -0.05) is 24.3 Å². The molecule has 4 heteroatoms. The van der Waals surface area contributed by atoms with Crippen molar-refractivity contribution in [3.63, 3.8) is 0 Å². The maximum Gasteiger partial charge on any atom is 0.336 e. The van der Waals surface area contributed by atoms with Gasteiger partial charge in [0.15, 0.2) is 0 Å². The van der Waals surface area contributed by atoms with Crippen LogP contribution in [0.1, 0.15) is 45.4 Å². The Morgan fingerprint density at radius 3 is 2.96 bits per heavy atom. The fraction of sp³-hybridized carbons (Fsp3) is 0.263. The third-order valence-electron chi connectivity index (χ3n) is 5.07. The van der Waals surface area contributed by atoms with E-state index in [0.29, 0.717) is 17.4 Å². The molecule has 1 aliphatic carbocycles. The molecule has 1 aliphatic heterocycles. The number of carboxylic acids is 1. The largest absolute Gasteiger partial charge is 0.478 e. The van der Waals surface area contributed by atoms with Gasteiger partial charge in [-0.2, -0.15) is 0 Å². The van der Waals surface area contributed by atoms with Crippen LogP contribution >= 0.6 is 0 Å². The van der Waals surface area contributed by atoms with E-state index in [4.69, 9.17) is 0 Å². The topological polar surface area (TPSA) is 62.2 Å². The number of carboxylic acid groups (broad SMARTS) is 1. The number of fused-ring (bicyclic) bond motifs is 3. The number of allylic oxidation sites excluding steroid dienone is 2. The van der Waals surface area contributed by atoms with Gasteiger partial charge in [-0.15, -0.1) is 0 Å². The van der Waals surface area contributed by atoms with Crippen LogP contribution in [0.2, 0.25) is 0 Å². The molecule has 0 bridgehead atoms. The Morgan fingerprint density at radius 2 is 2.22 bits per heavy atom. The number of pyridine rings is 1. The van der Waals surface area contributed by atoms with E-state index in [-0.39, 0.29) is 6.04 Å². The summed E-state index contributed by atoms with van der Waals surface area (Å²) in [7, 11) is 0. The van der Waals surface area contributed by atoms with Crippen molar-refractivity contribution in [1.82, 2.24) is 4.98 Å². The van der Waals surface area contributed by atoms with Gasteiger partial charge in [0.1, 0.15) is 0 Å². The number of hydrogen-bond acceptors (Lipinski definition) is 3. The number of carbonyl (C=O) groups is 1. The van der Waals surface area contributed by atoms with E-state index < -0.39 is 5.97 Å². The summed E-state index contributed by atoms with van der Waals surface area (Å²) in [5.74, 6) is -0.103. The molecule has 116 valence electrons. The van der Waals surface area contributed by atoms with Gasteiger partial charge in [-0.3, -0.25) is 4.98 Å². The van der Waals surface area contributed by atoms with E-state index in [9.17, 15) is 9.90 Å². The van der Waals surface area contributed by atoms with Gasteiger partial charge in [-0.05, 0) is 48.1 Å². The molecule has 0 radical (unpaired) electrons. The molecule has 1 aromatic carbocycles. The van der Waals surface area contributed by atoms with Crippen molar-refractivity contribution in [2.45, 2.75) is 25.3 Å². The lowest BCUT2D eigenvalue weighted by molar-refractivity contribution is 0.0696. The predicted molar refractivity (Wildman–Crippen MR) is 88.7 cm³/mol.